The van der Waals surface area contributed by atoms with Crippen LogP contribution >= 0.6 is 0 Å². The first-order valence-corrected chi connectivity index (χ1v) is 8.62. The van der Waals surface area contributed by atoms with Gasteiger partial charge in [0, 0.05) is 0 Å². The Balaban J connectivity index is 1.71. The molecule has 4 rings (SSSR count). The Kier molecular flexibility index (Phi) is 3.19. The fourth-order valence-electron chi connectivity index (χ4n) is 5.72. The van der Waals surface area contributed by atoms with Gasteiger partial charge in [-0.2, -0.15) is 0 Å². The lowest BCUT2D eigenvalue weighted by atomic mass is 9.55. The predicted octanol–water partition coefficient (Wildman–Crippen LogP) is 3.62. The van der Waals surface area contributed by atoms with Crippen LogP contribution in [-0.2, 0) is 6.42 Å². The smallest absolute Gasteiger partial charge is 0.160 e. The van der Waals surface area contributed by atoms with Crippen molar-refractivity contribution >= 4 is 0 Å². The second-order valence-electron chi connectivity index (χ2n) is 7.78. The van der Waals surface area contributed by atoms with Crippen molar-refractivity contribution < 1.29 is 14.9 Å². The van der Waals surface area contributed by atoms with Crippen LogP contribution in [0.4, 0.5) is 0 Å². The number of aromatic hydroxyl groups is 1. The largest absolute Gasteiger partial charge is 0.504 e. The van der Waals surface area contributed by atoms with E-state index in [-0.39, 0.29) is 17.3 Å². The van der Waals surface area contributed by atoms with Crippen molar-refractivity contribution in [2.45, 2.75) is 57.5 Å². The molecule has 0 radical (unpaired) electrons. The molecule has 5 atom stereocenters. The molecule has 1 aromatic carbocycles. The van der Waals surface area contributed by atoms with Gasteiger partial charge >= 0.3 is 0 Å². The predicted molar refractivity (Wildman–Crippen MR) is 85.3 cm³/mol. The third kappa shape index (κ3) is 1.84. The summed E-state index contributed by atoms with van der Waals surface area (Å²) in [6.07, 6.45) is 6.51. The molecule has 0 spiro atoms. The van der Waals surface area contributed by atoms with Crippen LogP contribution in [0.3, 0.4) is 0 Å². The highest BCUT2D eigenvalue weighted by Crippen LogP contribution is 2.61. The normalized spacial score (nSPS) is 39.8. The molecule has 3 heteroatoms. The van der Waals surface area contributed by atoms with Crippen LogP contribution in [-0.4, -0.2) is 23.4 Å². The number of aliphatic hydroxyl groups is 1. The van der Waals surface area contributed by atoms with Gasteiger partial charge in [-0.25, -0.2) is 0 Å². The van der Waals surface area contributed by atoms with E-state index in [2.05, 4.69) is 6.92 Å². The minimum absolute atomic E-state index is 0.118. The van der Waals surface area contributed by atoms with Gasteiger partial charge in [-0.1, -0.05) is 6.92 Å². The average Bonchev–Trinajstić information content (AvgIpc) is 2.82. The van der Waals surface area contributed by atoms with Crippen LogP contribution in [0.5, 0.6) is 11.5 Å². The van der Waals surface area contributed by atoms with Crippen LogP contribution in [0.15, 0.2) is 12.1 Å². The number of fused-ring (bicyclic) bond motifs is 5. The van der Waals surface area contributed by atoms with Crippen molar-refractivity contribution in [2.75, 3.05) is 7.11 Å². The Hall–Kier alpha value is -1.22. The van der Waals surface area contributed by atoms with Crippen molar-refractivity contribution in [3.05, 3.63) is 23.3 Å². The van der Waals surface area contributed by atoms with E-state index in [1.54, 1.807) is 7.11 Å². The molecule has 0 unspecified atom stereocenters. The quantitative estimate of drug-likeness (QED) is 0.833. The van der Waals surface area contributed by atoms with Crippen molar-refractivity contribution in [1.82, 2.24) is 0 Å². The zero-order chi connectivity index (χ0) is 15.5. The molecule has 0 saturated heterocycles. The first kappa shape index (κ1) is 14.4. The molecule has 3 aliphatic carbocycles. The van der Waals surface area contributed by atoms with Crippen molar-refractivity contribution in [2.24, 2.45) is 17.3 Å². The number of benzene rings is 1. The summed E-state index contributed by atoms with van der Waals surface area (Å²) in [5.74, 6) is 2.70. The summed E-state index contributed by atoms with van der Waals surface area (Å²) in [6.45, 7) is 2.30. The van der Waals surface area contributed by atoms with Crippen LogP contribution < -0.4 is 4.74 Å². The van der Waals surface area contributed by atoms with Gasteiger partial charge in [0.05, 0.1) is 13.2 Å². The molecule has 2 N–H and O–H groups in total. The molecule has 3 aliphatic rings. The van der Waals surface area contributed by atoms with Crippen LogP contribution in [0, 0.1) is 17.3 Å². The van der Waals surface area contributed by atoms with Gasteiger partial charge in [-0.3, -0.25) is 0 Å². The second-order valence-corrected chi connectivity index (χ2v) is 7.78. The lowest BCUT2D eigenvalue weighted by molar-refractivity contribution is -0.0226. The van der Waals surface area contributed by atoms with Crippen LogP contribution in [0.2, 0.25) is 0 Å². The Bertz CT molecular complexity index is 597. The van der Waals surface area contributed by atoms with Crippen molar-refractivity contribution in [1.29, 1.82) is 0 Å². The first-order chi connectivity index (χ1) is 10.5. The summed E-state index contributed by atoms with van der Waals surface area (Å²) in [4.78, 5) is 0. The summed E-state index contributed by atoms with van der Waals surface area (Å²) in [6, 6.07) is 3.97. The summed E-state index contributed by atoms with van der Waals surface area (Å²) in [5.41, 5.74) is 2.80. The Morgan fingerprint density at radius 2 is 2.00 bits per heavy atom. The highest BCUT2D eigenvalue weighted by molar-refractivity contribution is 5.49. The Morgan fingerprint density at radius 3 is 2.77 bits per heavy atom. The molecule has 120 valence electrons. The molecule has 22 heavy (non-hydrogen) atoms. The third-order valence-electron chi connectivity index (χ3n) is 6.97. The molecular weight excluding hydrogens is 276 g/mol. The minimum atomic E-state index is -0.121. The maximum atomic E-state index is 10.4. The highest BCUT2D eigenvalue weighted by Gasteiger charge is 2.54. The molecule has 0 amide bonds. The number of aryl methyl sites for hydroxylation is 1. The number of rotatable bonds is 1. The Labute approximate surface area is 132 Å². The van der Waals surface area contributed by atoms with E-state index in [1.165, 1.54) is 17.5 Å². The van der Waals surface area contributed by atoms with E-state index in [9.17, 15) is 10.2 Å². The Morgan fingerprint density at radius 1 is 1.18 bits per heavy atom. The fraction of sp³-hybridized carbons (Fsp3) is 0.684. The van der Waals surface area contributed by atoms with E-state index in [0.29, 0.717) is 23.5 Å². The number of aliphatic hydroxyl groups excluding tert-OH is 1. The van der Waals surface area contributed by atoms with E-state index in [1.807, 2.05) is 12.1 Å². The zero-order valence-electron chi connectivity index (χ0n) is 13.5. The van der Waals surface area contributed by atoms with E-state index in [0.717, 1.165) is 32.1 Å². The average molecular weight is 302 g/mol. The molecule has 0 heterocycles. The summed E-state index contributed by atoms with van der Waals surface area (Å²) in [5, 5.41) is 20.6. The summed E-state index contributed by atoms with van der Waals surface area (Å²) < 4.78 is 5.26. The van der Waals surface area contributed by atoms with Gasteiger partial charge < -0.3 is 14.9 Å². The molecule has 0 aliphatic heterocycles. The van der Waals surface area contributed by atoms with Gasteiger partial charge in [0.1, 0.15) is 0 Å². The molecule has 2 saturated carbocycles. The molecular formula is C19H26O3. The number of hydrogen-bond acceptors (Lipinski definition) is 3. The maximum absolute atomic E-state index is 10.4. The van der Waals surface area contributed by atoms with Gasteiger partial charge in [-0.15, -0.1) is 0 Å². The number of phenolic OH excluding ortho intramolecular Hbond substituents is 1. The van der Waals surface area contributed by atoms with Gasteiger partial charge in [0.2, 0.25) is 0 Å². The molecule has 2 fully saturated rings. The second kappa shape index (κ2) is 4.89. The van der Waals surface area contributed by atoms with Crippen molar-refractivity contribution in [3.8, 4) is 11.5 Å². The first-order valence-electron chi connectivity index (χ1n) is 8.62. The standard InChI is InChI=1S/C19H26O3/c1-19-8-7-12-13(15(19)5-6-18(19)21)4-3-11-9-17(22-2)16(20)10-14(11)12/h9-10,12-13,15,18,20-21H,3-8H2,1-2H3/t12-,13+,15-,18+,19-/m0/s1. The van der Waals surface area contributed by atoms with E-state index < -0.39 is 0 Å². The van der Waals surface area contributed by atoms with Crippen LogP contribution in [0.25, 0.3) is 0 Å². The summed E-state index contributed by atoms with van der Waals surface area (Å²) in [7, 11) is 1.61. The maximum Gasteiger partial charge on any atom is 0.160 e. The zero-order valence-corrected chi connectivity index (χ0v) is 13.5. The number of hydrogen-bond donors (Lipinski definition) is 2. The van der Waals surface area contributed by atoms with E-state index >= 15 is 0 Å². The van der Waals surface area contributed by atoms with Crippen molar-refractivity contribution in [3.63, 3.8) is 0 Å². The molecule has 3 nitrogen and oxygen atoms in total. The molecule has 0 aromatic heterocycles. The molecule has 0 bridgehead atoms. The van der Waals surface area contributed by atoms with Gasteiger partial charge in [0.15, 0.2) is 11.5 Å². The monoisotopic (exact) mass is 302 g/mol. The highest BCUT2D eigenvalue weighted by atomic mass is 16.5. The SMILES string of the molecule is COc1cc2c(cc1O)[C@H]1CC[C@]3(C)[C@H](O)CC[C@H]3[C@@H]1CC2. The van der Waals surface area contributed by atoms with Gasteiger partial charge in [0.25, 0.3) is 0 Å². The lowest BCUT2D eigenvalue weighted by Gasteiger charge is -2.50. The number of phenols is 1. The third-order valence-corrected chi connectivity index (χ3v) is 6.97. The number of methoxy groups -OCH3 is 1. The minimum Gasteiger partial charge on any atom is -0.504 e. The lowest BCUT2D eigenvalue weighted by Crippen LogP contribution is -2.43. The fourth-order valence-corrected chi connectivity index (χ4v) is 5.72. The molecule has 1 aromatic rings. The summed E-state index contributed by atoms with van der Waals surface area (Å²) >= 11 is 0. The topological polar surface area (TPSA) is 49.7 Å². The van der Waals surface area contributed by atoms with E-state index in [4.69, 9.17) is 4.74 Å². The van der Waals surface area contributed by atoms with Crippen LogP contribution in [0.1, 0.15) is 56.1 Å². The number of ether oxygens (including phenoxy) is 1. The van der Waals surface area contributed by atoms with Gasteiger partial charge in [-0.05, 0) is 85.0 Å².